The number of nitrogens with zero attached hydrogens (tertiary/aromatic N) is 2. The van der Waals surface area contributed by atoms with Crippen molar-refractivity contribution in [2.24, 2.45) is 0 Å². The average Bonchev–Trinajstić information content (AvgIpc) is 3.06. The van der Waals surface area contributed by atoms with Gasteiger partial charge in [0.05, 0.1) is 24.3 Å². The molecule has 1 N–H and O–H groups in total. The number of rotatable bonds is 15. The van der Waals surface area contributed by atoms with Crippen molar-refractivity contribution in [3.8, 4) is 11.5 Å². The number of hydrogen-bond donors (Lipinski definition) is 1. The molecular weight excluding hydrogens is 670 g/mol. The van der Waals surface area contributed by atoms with Gasteiger partial charge in [-0.3, -0.25) is 13.9 Å². The molecule has 0 bridgehead atoms. The van der Waals surface area contributed by atoms with Gasteiger partial charge in [0.15, 0.2) is 0 Å². The Morgan fingerprint density at radius 1 is 0.848 bits per heavy atom. The number of carbonyl (C=O) groups excluding carboxylic acids is 2. The Bertz CT molecular complexity index is 1700. The molecule has 4 rings (SSSR count). The van der Waals surface area contributed by atoms with Crippen LogP contribution in [-0.4, -0.2) is 58.0 Å². The van der Waals surface area contributed by atoms with E-state index in [9.17, 15) is 18.0 Å². The van der Waals surface area contributed by atoms with E-state index in [0.29, 0.717) is 29.1 Å². The van der Waals surface area contributed by atoms with Crippen molar-refractivity contribution < 1.29 is 27.5 Å². The van der Waals surface area contributed by atoms with E-state index in [1.54, 1.807) is 61.7 Å². The predicted octanol–water partition coefficient (Wildman–Crippen LogP) is 5.83. The maximum Gasteiger partial charge on any atom is 0.264 e. The van der Waals surface area contributed by atoms with E-state index in [4.69, 9.17) is 9.47 Å². The summed E-state index contributed by atoms with van der Waals surface area (Å²) in [6.45, 7) is 3.96. The largest absolute Gasteiger partial charge is 0.497 e. The van der Waals surface area contributed by atoms with Gasteiger partial charge in [-0.1, -0.05) is 58.4 Å². The third-order valence-corrected chi connectivity index (χ3v) is 9.54. The minimum atomic E-state index is -4.22. The number of carbonyl (C=O) groups is 2. The Hall–Kier alpha value is -4.35. The summed E-state index contributed by atoms with van der Waals surface area (Å²) in [6.07, 6.45) is 0.227. The molecule has 0 fully saturated rings. The van der Waals surface area contributed by atoms with Gasteiger partial charge < -0.3 is 19.7 Å². The van der Waals surface area contributed by atoms with Crippen LogP contribution in [0.1, 0.15) is 25.0 Å². The lowest BCUT2D eigenvalue weighted by atomic mass is 10.0. The second-order valence-electron chi connectivity index (χ2n) is 10.4. The fourth-order valence-corrected chi connectivity index (χ4v) is 6.63. The number of benzene rings is 4. The summed E-state index contributed by atoms with van der Waals surface area (Å²) in [4.78, 5) is 29.6. The summed E-state index contributed by atoms with van der Waals surface area (Å²) in [6, 6.07) is 28.4. The third kappa shape index (κ3) is 8.88. The van der Waals surface area contributed by atoms with Crippen molar-refractivity contribution in [3.63, 3.8) is 0 Å². The first-order valence-corrected chi connectivity index (χ1v) is 17.1. The Kier molecular flexibility index (Phi) is 12.2. The summed E-state index contributed by atoms with van der Waals surface area (Å²) in [5.74, 6) is 0.268. The zero-order valence-corrected chi connectivity index (χ0v) is 28.5. The molecule has 0 saturated heterocycles. The molecule has 0 radical (unpaired) electrons. The molecule has 1 atom stereocenters. The second kappa shape index (κ2) is 16.3. The molecule has 1 unspecified atom stereocenters. The van der Waals surface area contributed by atoms with E-state index in [-0.39, 0.29) is 29.5 Å². The number of nitrogens with one attached hydrogen (secondary N) is 1. The van der Waals surface area contributed by atoms with Crippen LogP contribution >= 0.6 is 15.9 Å². The molecule has 0 saturated carbocycles. The molecule has 11 heteroatoms. The van der Waals surface area contributed by atoms with E-state index in [0.717, 1.165) is 15.4 Å². The maximum atomic E-state index is 14.5. The lowest BCUT2D eigenvalue weighted by Gasteiger charge is -2.34. The van der Waals surface area contributed by atoms with Crippen LogP contribution in [0.15, 0.2) is 112 Å². The van der Waals surface area contributed by atoms with Gasteiger partial charge in [-0.05, 0) is 85.6 Å². The zero-order valence-electron chi connectivity index (χ0n) is 26.1. The summed E-state index contributed by atoms with van der Waals surface area (Å²) < 4.78 is 41.1. The highest BCUT2D eigenvalue weighted by Gasteiger charge is 2.34. The Labute approximate surface area is 279 Å². The fraction of sp³-hybridized carbons (Fsp3) is 0.257. The number of amides is 2. The fourth-order valence-electron chi connectivity index (χ4n) is 4.95. The van der Waals surface area contributed by atoms with Gasteiger partial charge in [-0.25, -0.2) is 8.42 Å². The number of likely N-dealkylation sites (N-methyl/N-ethyl adjacent to an activating group) is 1. The van der Waals surface area contributed by atoms with Crippen LogP contribution in [0.5, 0.6) is 11.5 Å². The monoisotopic (exact) mass is 707 g/mol. The molecule has 0 heterocycles. The lowest BCUT2D eigenvalue weighted by molar-refractivity contribution is -0.140. The number of hydrogen-bond acceptors (Lipinski definition) is 6. The second-order valence-corrected chi connectivity index (χ2v) is 13.1. The quantitative estimate of drug-likeness (QED) is 0.167. The lowest BCUT2D eigenvalue weighted by Crippen LogP contribution is -2.53. The summed E-state index contributed by atoms with van der Waals surface area (Å²) in [5, 5.41) is 2.87. The molecule has 4 aromatic rings. The normalized spacial score (nSPS) is 11.7. The summed E-state index contributed by atoms with van der Waals surface area (Å²) >= 11 is 3.36. The molecule has 2 amide bonds. The van der Waals surface area contributed by atoms with Gasteiger partial charge in [0, 0.05) is 24.0 Å². The van der Waals surface area contributed by atoms with E-state index < -0.39 is 28.5 Å². The standard InChI is InChI=1S/C35H38BrN3O6S/c1-4-37-35(41)33(23-26-10-7-6-8-11-26)38(24-27-12-9-13-31(22-27)44-3)34(40)25-39(29-16-18-30(19-17-29)45-5-2)46(42,43)32-20-14-28(36)15-21-32/h6-22,33H,4-5,23-25H2,1-3H3,(H,37,41). The highest BCUT2D eigenvalue weighted by Crippen LogP contribution is 2.28. The van der Waals surface area contributed by atoms with E-state index >= 15 is 0 Å². The molecule has 9 nitrogen and oxygen atoms in total. The first-order chi connectivity index (χ1) is 22.2. The zero-order chi connectivity index (χ0) is 33.1. The van der Waals surface area contributed by atoms with E-state index in [2.05, 4.69) is 21.2 Å². The third-order valence-electron chi connectivity index (χ3n) is 7.23. The Morgan fingerprint density at radius 3 is 2.15 bits per heavy atom. The van der Waals surface area contributed by atoms with Crippen LogP contribution in [-0.2, 0) is 32.6 Å². The minimum Gasteiger partial charge on any atom is -0.497 e. The van der Waals surface area contributed by atoms with Crippen molar-refractivity contribution in [2.75, 3.05) is 31.1 Å². The first-order valence-electron chi connectivity index (χ1n) is 14.9. The van der Waals surface area contributed by atoms with E-state index in [1.165, 1.54) is 17.0 Å². The molecule has 46 heavy (non-hydrogen) atoms. The number of sulfonamides is 1. The molecule has 0 aromatic heterocycles. The topological polar surface area (TPSA) is 105 Å². The molecule has 0 spiro atoms. The van der Waals surface area contributed by atoms with Crippen molar-refractivity contribution in [2.45, 2.75) is 37.8 Å². The van der Waals surface area contributed by atoms with Crippen molar-refractivity contribution in [3.05, 3.63) is 119 Å². The van der Waals surface area contributed by atoms with Crippen LogP contribution < -0.4 is 19.1 Å². The van der Waals surface area contributed by atoms with Crippen LogP contribution in [0, 0.1) is 0 Å². The van der Waals surface area contributed by atoms with Gasteiger partial charge in [-0.15, -0.1) is 0 Å². The molecule has 0 aliphatic rings. The SMILES string of the molecule is CCNC(=O)C(Cc1ccccc1)N(Cc1cccc(OC)c1)C(=O)CN(c1ccc(OCC)cc1)S(=O)(=O)c1ccc(Br)cc1. The van der Waals surface area contributed by atoms with Crippen LogP contribution in [0.2, 0.25) is 0 Å². The number of methoxy groups -OCH3 is 1. The maximum absolute atomic E-state index is 14.5. The predicted molar refractivity (Wildman–Crippen MR) is 182 cm³/mol. The summed E-state index contributed by atoms with van der Waals surface area (Å²) in [7, 11) is -2.67. The van der Waals surface area contributed by atoms with Crippen LogP contribution in [0.4, 0.5) is 5.69 Å². The summed E-state index contributed by atoms with van der Waals surface area (Å²) in [5.41, 5.74) is 1.85. The smallest absolute Gasteiger partial charge is 0.264 e. The molecule has 0 aliphatic carbocycles. The molecular formula is C35H38BrN3O6S. The Morgan fingerprint density at radius 2 is 1.52 bits per heavy atom. The molecule has 0 aliphatic heterocycles. The highest BCUT2D eigenvalue weighted by molar-refractivity contribution is 9.10. The van der Waals surface area contributed by atoms with E-state index in [1.807, 2.05) is 50.2 Å². The number of halogens is 1. The average molecular weight is 709 g/mol. The van der Waals surface area contributed by atoms with Gasteiger partial charge in [0.1, 0.15) is 24.1 Å². The van der Waals surface area contributed by atoms with Gasteiger partial charge in [0.25, 0.3) is 10.0 Å². The first kappa shape index (κ1) is 34.5. The Balaban J connectivity index is 1.80. The number of anilines is 1. The van der Waals surface area contributed by atoms with Crippen molar-refractivity contribution in [1.82, 2.24) is 10.2 Å². The van der Waals surface area contributed by atoms with Gasteiger partial charge in [-0.2, -0.15) is 0 Å². The van der Waals surface area contributed by atoms with Gasteiger partial charge >= 0.3 is 0 Å². The van der Waals surface area contributed by atoms with Crippen LogP contribution in [0.3, 0.4) is 0 Å². The van der Waals surface area contributed by atoms with Gasteiger partial charge in [0.2, 0.25) is 11.8 Å². The van der Waals surface area contributed by atoms with Crippen molar-refractivity contribution >= 4 is 43.5 Å². The number of ether oxygens (including phenoxy) is 2. The highest BCUT2D eigenvalue weighted by atomic mass is 79.9. The van der Waals surface area contributed by atoms with Crippen LogP contribution in [0.25, 0.3) is 0 Å². The van der Waals surface area contributed by atoms with Crippen molar-refractivity contribution in [1.29, 1.82) is 0 Å². The molecule has 4 aromatic carbocycles. The minimum absolute atomic E-state index is 0.0151. The molecule has 242 valence electrons.